The van der Waals surface area contributed by atoms with Crippen molar-refractivity contribution in [2.75, 3.05) is 26.3 Å². The summed E-state index contributed by atoms with van der Waals surface area (Å²) in [5.41, 5.74) is 9.02. The smallest absolute Gasteiger partial charge is 0.335 e. The number of alkyl halides is 1. The summed E-state index contributed by atoms with van der Waals surface area (Å²) in [6, 6.07) is 19.0. The third kappa shape index (κ3) is 5.42. The summed E-state index contributed by atoms with van der Waals surface area (Å²) in [4.78, 5) is 13.9. The van der Waals surface area contributed by atoms with Crippen LogP contribution in [0.5, 0.6) is 0 Å². The number of carboxylic acids is 1. The van der Waals surface area contributed by atoms with Gasteiger partial charge in [-0.1, -0.05) is 48.5 Å². The molecule has 190 valence electrons. The molecule has 1 N–H and O–H groups in total. The normalized spacial score (nSPS) is 15.7. The van der Waals surface area contributed by atoms with E-state index in [2.05, 4.69) is 35.2 Å². The van der Waals surface area contributed by atoms with Gasteiger partial charge in [0.05, 0.1) is 12.2 Å². The number of aromatic carboxylic acids is 1. The minimum atomic E-state index is -0.945. The van der Waals surface area contributed by atoms with Crippen molar-refractivity contribution in [3.05, 3.63) is 111 Å². The second kappa shape index (κ2) is 10.8. The zero-order chi connectivity index (χ0) is 25.9. The SMILES string of the molecule is Cc1ccc(C2=C(c3ccc(C=C4CN(CCCF)C4)cc3)c3ccc(C(=O)O)cc3CCC2)c(F)c1. The van der Waals surface area contributed by atoms with E-state index >= 15 is 4.39 Å². The van der Waals surface area contributed by atoms with Crippen molar-refractivity contribution in [3.8, 4) is 0 Å². The van der Waals surface area contributed by atoms with Crippen molar-refractivity contribution in [2.45, 2.75) is 32.6 Å². The lowest BCUT2D eigenvalue weighted by atomic mass is 9.86. The molecule has 0 atom stereocenters. The molecule has 1 heterocycles. The molecular weight excluding hydrogens is 468 g/mol. The number of hydrogen-bond acceptors (Lipinski definition) is 2. The fourth-order valence-corrected chi connectivity index (χ4v) is 5.43. The summed E-state index contributed by atoms with van der Waals surface area (Å²) in [7, 11) is 0. The van der Waals surface area contributed by atoms with Gasteiger partial charge in [0.1, 0.15) is 5.82 Å². The fraction of sp³-hybridized carbons (Fsp3) is 0.281. The van der Waals surface area contributed by atoms with Crippen LogP contribution in [0.1, 0.15) is 63.0 Å². The van der Waals surface area contributed by atoms with Crippen molar-refractivity contribution in [2.24, 2.45) is 0 Å². The number of allylic oxidation sites excluding steroid dienone is 1. The van der Waals surface area contributed by atoms with E-state index in [1.165, 1.54) is 5.57 Å². The van der Waals surface area contributed by atoms with Crippen molar-refractivity contribution >= 4 is 23.2 Å². The molecule has 5 heteroatoms. The molecule has 0 aromatic heterocycles. The van der Waals surface area contributed by atoms with Crippen molar-refractivity contribution in [1.29, 1.82) is 0 Å². The van der Waals surface area contributed by atoms with Crippen LogP contribution in [0.3, 0.4) is 0 Å². The standard InChI is InChI=1S/C32H31F2NO2/c1-21-6-12-28(30(34)16-21)29-5-2-4-25-18-26(32(36)37)11-13-27(25)31(29)24-9-7-22(8-10-24)17-23-19-35(20-23)15-3-14-33/h6-13,16-18H,2-5,14-15,19-20H2,1H3,(H,36,37). The van der Waals surface area contributed by atoms with Crippen LogP contribution in [-0.2, 0) is 6.42 Å². The number of aryl methyl sites for hydroxylation is 2. The highest BCUT2D eigenvalue weighted by molar-refractivity contribution is 6.01. The quantitative estimate of drug-likeness (QED) is 0.374. The zero-order valence-corrected chi connectivity index (χ0v) is 21.1. The topological polar surface area (TPSA) is 40.5 Å². The number of hydrogen-bond donors (Lipinski definition) is 1. The molecule has 0 unspecified atom stereocenters. The van der Waals surface area contributed by atoms with Gasteiger partial charge >= 0.3 is 5.97 Å². The van der Waals surface area contributed by atoms with E-state index in [1.807, 2.05) is 25.1 Å². The highest BCUT2D eigenvalue weighted by Crippen LogP contribution is 2.41. The van der Waals surface area contributed by atoms with Crippen LogP contribution in [-0.4, -0.2) is 42.3 Å². The lowest BCUT2D eigenvalue weighted by Gasteiger charge is -2.33. The van der Waals surface area contributed by atoms with Crippen LogP contribution >= 0.6 is 0 Å². The first-order valence-electron chi connectivity index (χ1n) is 12.9. The van der Waals surface area contributed by atoms with Gasteiger partial charge in [-0.25, -0.2) is 9.18 Å². The molecule has 3 aromatic rings. The van der Waals surface area contributed by atoms with Gasteiger partial charge in [-0.3, -0.25) is 9.29 Å². The zero-order valence-electron chi connectivity index (χ0n) is 21.1. The predicted molar refractivity (Wildman–Crippen MR) is 145 cm³/mol. The number of carbonyl (C=O) groups is 1. The second-order valence-corrected chi connectivity index (χ2v) is 10.0. The molecule has 5 rings (SSSR count). The first-order chi connectivity index (χ1) is 17.9. The van der Waals surface area contributed by atoms with Gasteiger partial charge in [0, 0.05) is 25.2 Å². The average Bonchev–Trinajstić information content (AvgIpc) is 3.04. The van der Waals surface area contributed by atoms with Gasteiger partial charge in [-0.15, -0.1) is 0 Å². The van der Waals surface area contributed by atoms with Crippen molar-refractivity contribution < 1.29 is 18.7 Å². The Hall–Kier alpha value is -3.57. The molecule has 0 radical (unpaired) electrons. The highest BCUT2D eigenvalue weighted by Gasteiger charge is 2.23. The molecule has 0 saturated carbocycles. The Morgan fingerprint density at radius 1 is 1.00 bits per heavy atom. The molecule has 1 aliphatic carbocycles. The number of benzene rings is 3. The first-order valence-corrected chi connectivity index (χ1v) is 12.9. The minimum Gasteiger partial charge on any atom is -0.478 e. The van der Waals surface area contributed by atoms with Gasteiger partial charge in [-0.05, 0) is 95.3 Å². The summed E-state index contributed by atoms with van der Waals surface area (Å²) < 4.78 is 27.6. The number of halogens is 2. The molecule has 3 nitrogen and oxygen atoms in total. The van der Waals surface area contributed by atoms with Crippen LogP contribution in [0.25, 0.3) is 17.2 Å². The monoisotopic (exact) mass is 499 g/mol. The van der Waals surface area contributed by atoms with Crippen LogP contribution in [0.15, 0.2) is 66.2 Å². The largest absolute Gasteiger partial charge is 0.478 e. The van der Waals surface area contributed by atoms with E-state index in [9.17, 15) is 14.3 Å². The molecule has 1 saturated heterocycles. The summed E-state index contributed by atoms with van der Waals surface area (Å²) in [5.74, 6) is -1.18. The van der Waals surface area contributed by atoms with E-state index in [-0.39, 0.29) is 18.1 Å². The van der Waals surface area contributed by atoms with E-state index < -0.39 is 5.97 Å². The van der Waals surface area contributed by atoms with Gasteiger partial charge in [0.2, 0.25) is 0 Å². The Labute approximate surface area is 216 Å². The second-order valence-electron chi connectivity index (χ2n) is 10.0. The number of fused-ring (bicyclic) bond motifs is 1. The Morgan fingerprint density at radius 2 is 1.76 bits per heavy atom. The molecule has 0 spiro atoms. The fourth-order valence-electron chi connectivity index (χ4n) is 5.43. The van der Waals surface area contributed by atoms with Gasteiger partial charge in [-0.2, -0.15) is 0 Å². The Morgan fingerprint density at radius 3 is 2.46 bits per heavy atom. The van der Waals surface area contributed by atoms with E-state index in [1.54, 1.807) is 18.2 Å². The molecule has 0 amide bonds. The van der Waals surface area contributed by atoms with E-state index in [0.717, 1.165) is 71.4 Å². The third-order valence-electron chi connectivity index (χ3n) is 7.28. The Bertz CT molecular complexity index is 1380. The maximum atomic E-state index is 15.2. The van der Waals surface area contributed by atoms with Crippen molar-refractivity contribution in [3.63, 3.8) is 0 Å². The molecule has 2 aliphatic rings. The number of likely N-dealkylation sites (tertiary alicyclic amines) is 1. The minimum absolute atomic E-state index is 0.234. The lowest BCUT2D eigenvalue weighted by Crippen LogP contribution is -2.40. The average molecular weight is 500 g/mol. The van der Waals surface area contributed by atoms with Crippen LogP contribution in [0, 0.1) is 12.7 Å². The summed E-state index contributed by atoms with van der Waals surface area (Å²) in [5, 5.41) is 9.53. The van der Waals surface area contributed by atoms with Crippen LogP contribution in [0.4, 0.5) is 8.78 Å². The van der Waals surface area contributed by atoms with Gasteiger partial charge in [0.25, 0.3) is 0 Å². The maximum absolute atomic E-state index is 15.2. The number of rotatable bonds is 7. The summed E-state index contributed by atoms with van der Waals surface area (Å²) >= 11 is 0. The molecule has 1 fully saturated rings. The predicted octanol–water partition coefficient (Wildman–Crippen LogP) is 7.19. The molecule has 1 aliphatic heterocycles. The van der Waals surface area contributed by atoms with Crippen molar-refractivity contribution in [1.82, 2.24) is 4.90 Å². The van der Waals surface area contributed by atoms with Crippen LogP contribution < -0.4 is 0 Å². The lowest BCUT2D eigenvalue weighted by molar-refractivity contribution is 0.0696. The first kappa shape index (κ1) is 25.1. The molecule has 0 bridgehead atoms. The summed E-state index contributed by atoms with van der Waals surface area (Å²) in [6.45, 7) is 4.16. The number of carboxylic acid groups (broad SMARTS) is 1. The Balaban J connectivity index is 1.55. The van der Waals surface area contributed by atoms with Gasteiger partial charge in [0.15, 0.2) is 0 Å². The maximum Gasteiger partial charge on any atom is 0.335 e. The summed E-state index contributed by atoms with van der Waals surface area (Å²) in [6.07, 6.45) is 5.01. The highest BCUT2D eigenvalue weighted by atomic mass is 19.1. The Kier molecular flexibility index (Phi) is 7.33. The van der Waals surface area contributed by atoms with E-state index in [4.69, 9.17) is 0 Å². The molecule has 37 heavy (non-hydrogen) atoms. The molecular formula is C32H31F2NO2. The van der Waals surface area contributed by atoms with Gasteiger partial charge < -0.3 is 5.11 Å². The van der Waals surface area contributed by atoms with E-state index in [0.29, 0.717) is 18.4 Å². The number of nitrogens with zero attached hydrogens (tertiary/aromatic N) is 1. The molecule has 3 aromatic carbocycles. The van der Waals surface area contributed by atoms with Crippen LogP contribution in [0.2, 0.25) is 0 Å². The third-order valence-corrected chi connectivity index (χ3v) is 7.28.